The van der Waals surface area contributed by atoms with Crippen molar-refractivity contribution in [3.63, 3.8) is 0 Å². The largest absolute Gasteiger partial charge is 0.317 e. The second-order valence-electron chi connectivity index (χ2n) is 5.64. The van der Waals surface area contributed by atoms with Crippen LogP contribution in [0.25, 0.3) is 0 Å². The van der Waals surface area contributed by atoms with E-state index in [0.29, 0.717) is 11.9 Å². The highest BCUT2D eigenvalue weighted by molar-refractivity contribution is 7.10. The van der Waals surface area contributed by atoms with Crippen molar-refractivity contribution >= 4 is 17.2 Å². The summed E-state index contributed by atoms with van der Waals surface area (Å²) in [7, 11) is 0. The van der Waals surface area contributed by atoms with E-state index in [2.05, 4.69) is 41.6 Å². The van der Waals surface area contributed by atoms with Gasteiger partial charge < -0.3 is 4.90 Å². The molecular weight excluding hydrogens is 256 g/mol. The van der Waals surface area contributed by atoms with Crippen LogP contribution in [0, 0.1) is 5.92 Å². The van der Waals surface area contributed by atoms with Crippen molar-refractivity contribution in [3.05, 3.63) is 22.4 Å². The maximum Gasteiger partial charge on any atom is 0.241 e. The molecule has 0 radical (unpaired) electrons. The zero-order valence-corrected chi connectivity index (χ0v) is 12.5. The molecule has 2 fully saturated rings. The molecule has 3 nitrogen and oxygen atoms in total. The Morgan fingerprint density at radius 2 is 2.32 bits per heavy atom. The Labute approximate surface area is 119 Å². The Bertz CT molecular complexity index is 445. The number of amides is 1. The summed E-state index contributed by atoms with van der Waals surface area (Å²) in [5.74, 6) is 1.04. The third kappa shape index (κ3) is 2.32. The van der Waals surface area contributed by atoms with Crippen molar-refractivity contribution in [2.24, 2.45) is 5.92 Å². The van der Waals surface area contributed by atoms with Crippen LogP contribution in [0.1, 0.15) is 50.6 Å². The Morgan fingerprint density at radius 1 is 1.47 bits per heavy atom. The predicted octanol–water partition coefficient (Wildman–Crippen LogP) is 3.15. The van der Waals surface area contributed by atoms with E-state index in [4.69, 9.17) is 0 Å². The van der Waals surface area contributed by atoms with Gasteiger partial charge in [0.15, 0.2) is 0 Å². The van der Waals surface area contributed by atoms with E-state index in [1.807, 2.05) is 0 Å². The first kappa shape index (κ1) is 13.1. The normalized spacial score (nSPS) is 34.0. The molecule has 1 amide bonds. The van der Waals surface area contributed by atoms with E-state index in [9.17, 15) is 4.79 Å². The first-order valence-corrected chi connectivity index (χ1v) is 8.25. The van der Waals surface area contributed by atoms with Gasteiger partial charge in [0.05, 0.1) is 6.04 Å². The van der Waals surface area contributed by atoms with Crippen LogP contribution in [0.5, 0.6) is 0 Å². The summed E-state index contributed by atoms with van der Waals surface area (Å²) in [6.45, 7) is 4.31. The lowest BCUT2D eigenvalue weighted by Gasteiger charge is -2.23. The molecule has 1 N–H and O–H groups in total. The summed E-state index contributed by atoms with van der Waals surface area (Å²) < 4.78 is 0. The molecule has 4 atom stereocenters. The summed E-state index contributed by atoms with van der Waals surface area (Å²) in [5, 5.41) is 5.61. The minimum Gasteiger partial charge on any atom is -0.317 e. The van der Waals surface area contributed by atoms with E-state index < -0.39 is 0 Å². The van der Waals surface area contributed by atoms with Crippen LogP contribution in [0.2, 0.25) is 0 Å². The van der Waals surface area contributed by atoms with Crippen molar-refractivity contribution in [2.45, 2.75) is 57.8 Å². The van der Waals surface area contributed by atoms with E-state index in [1.165, 1.54) is 24.1 Å². The highest BCUT2D eigenvalue weighted by Crippen LogP contribution is 2.45. The molecule has 4 heteroatoms. The Hall–Kier alpha value is -0.870. The molecule has 0 bridgehead atoms. The molecule has 1 aromatic heterocycles. The van der Waals surface area contributed by atoms with Gasteiger partial charge >= 0.3 is 0 Å². The van der Waals surface area contributed by atoms with Crippen LogP contribution in [0.4, 0.5) is 0 Å². The second kappa shape index (κ2) is 5.25. The molecule has 1 aliphatic heterocycles. The Kier molecular flexibility index (Phi) is 3.63. The SMILES string of the molecule is CCCC1CC1N1C(=O)C(CC)NC1c1cccs1. The first-order valence-electron chi connectivity index (χ1n) is 7.37. The average Bonchev–Trinajstić information content (AvgIpc) is 2.86. The molecule has 1 aromatic rings. The Balaban J connectivity index is 1.80. The van der Waals surface area contributed by atoms with Gasteiger partial charge in [-0.1, -0.05) is 26.3 Å². The summed E-state index contributed by atoms with van der Waals surface area (Å²) >= 11 is 1.74. The molecule has 2 heterocycles. The topological polar surface area (TPSA) is 32.3 Å². The molecule has 19 heavy (non-hydrogen) atoms. The van der Waals surface area contributed by atoms with Crippen LogP contribution >= 0.6 is 11.3 Å². The van der Waals surface area contributed by atoms with E-state index >= 15 is 0 Å². The van der Waals surface area contributed by atoms with Gasteiger partial charge in [-0.3, -0.25) is 10.1 Å². The van der Waals surface area contributed by atoms with Gasteiger partial charge in [-0.2, -0.15) is 0 Å². The summed E-state index contributed by atoms with van der Waals surface area (Å²) in [4.78, 5) is 16.0. The van der Waals surface area contributed by atoms with Gasteiger partial charge in [-0.25, -0.2) is 0 Å². The number of hydrogen-bond donors (Lipinski definition) is 1. The van der Waals surface area contributed by atoms with Crippen LogP contribution in [0.3, 0.4) is 0 Å². The molecule has 0 aromatic carbocycles. The zero-order valence-electron chi connectivity index (χ0n) is 11.6. The van der Waals surface area contributed by atoms with E-state index in [-0.39, 0.29) is 12.2 Å². The molecule has 0 spiro atoms. The molecule has 1 aliphatic carbocycles. The van der Waals surface area contributed by atoms with Gasteiger partial charge in [0.1, 0.15) is 6.17 Å². The summed E-state index contributed by atoms with van der Waals surface area (Å²) in [6, 6.07) is 4.69. The van der Waals surface area contributed by atoms with Crippen molar-refractivity contribution in [2.75, 3.05) is 0 Å². The van der Waals surface area contributed by atoms with Gasteiger partial charge in [-0.15, -0.1) is 11.3 Å². The Morgan fingerprint density at radius 3 is 2.95 bits per heavy atom. The third-order valence-corrected chi connectivity index (χ3v) is 5.24. The fourth-order valence-electron chi connectivity index (χ4n) is 3.22. The predicted molar refractivity (Wildman–Crippen MR) is 77.9 cm³/mol. The van der Waals surface area contributed by atoms with Crippen molar-refractivity contribution in [3.8, 4) is 0 Å². The fraction of sp³-hybridized carbons (Fsp3) is 0.667. The molecule has 104 valence electrons. The smallest absolute Gasteiger partial charge is 0.241 e. The lowest BCUT2D eigenvalue weighted by molar-refractivity contribution is -0.130. The lowest BCUT2D eigenvalue weighted by Crippen LogP contribution is -2.33. The van der Waals surface area contributed by atoms with Gasteiger partial charge in [0.2, 0.25) is 5.91 Å². The average molecular weight is 278 g/mol. The molecule has 3 rings (SSSR count). The number of carbonyl (C=O) groups is 1. The van der Waals surface area contributed by atoms with E-state index in [0.717, 1.165) is 12.3 Å². The summed E-state index contributed by atoms with van der Waals surface area (Å²) in [5.41, 5.74) is 0. The van der Waals surface area contributed by atoms with Crippen molar-refractivity contribution < 1.29 is 4.79 Å². The fourth-order valence-corrected chi connectivity index (χ4v) is 4.00. The maximum atomic E-state index is 12.5. The number of nitrogens with zero attached hydrogens (tertiary/aromatic N) is 1. The van der Waals surface area contributed by atoms with Crippen molar-refractivity contribution in [1.29, 1.82) is 0 Å². The zero-order chi connectivity index (χ0) is 13.4. The van der Waals surface area contributed by atoms with Crippen LogP contribution in [-0.2, 0) is 4.79 Å². The molecular formula is C15H22N2OS. The quantitative estimate of drug-likeness (QED) is 0.897. The minimum atomic E-state index is 0.00924. The molecule has 1 saturated carbocycles. The number of carbonyl (C=O) groups excluding carboxylic acids is 1. The minimum absolute atomic E-state index is 0.00924. The molecule has 4 unspecified atom stereocenters. The maximum absolute atomic E-state index is 12.5. The van der Waals surface area contributed by atoms with Gasteiger partial charge in [0, 0.05) is 10.9 Å². The van der Waals surface area contributed by atoms with Gasteiger partial charge in [0.25, 0.3) is 0 Å². The number of rotatable bonds is 5. The van der Waals surface area contributed by atoms with Crippen LogP contribution in [-0.4, -0.2) is 22.9 Å². The van der Waals surface area contributed by atoms with E-state index in [1.54, 1.807) is 11.3 Å². The monoisotopic (exact) mass is 278 g/mol. The number of hydrogen-bond acceptors (Lipinski definition) is 3. The van der Waals surface area contributed by atoms with Crippen LogP contribution in [0.15, 0.2) is 17.5 Å². The van der Waals surface area contributed by atoms with Gasteiger partial charge in [-0.05, 0) is 36.6 Å². The standard InChI is InChI=1S/C15H22N2OS/c1-3-6-10-9-12(10)17-14(13-7-5-8-19-13)16-11(4-2)15(17)18/h5,7-8,10-12,14,16H,3-4,6,9H2,1-2H3. The first-order chi connectivity index (χ1) is 9.26. The highest BCUT2D eigenvalue weighted by Gasteiger charge is 2.51. The second-order valence-corrected chi connectivity index (χ2v) is 6.62. The third-order valence-electron chi connectivity index (χ3n) is 4.31. The van der Waals surface area contributed by atoms with Crippen LogP contribution < -0.4 is 5.32 Å². The number of thiophene rings is 1. The number of nitrogens with one attached hydrogen (secondary N) is 1. The molecule has 1 saturated heterocycles. The lowest BCUT2D eigenvalue weighted by atomic mass is 10.2. The van der Waals surface area contributed by atoms with Crippen molar-refractivity contribution in [1.82, 2.24) is 10.2 Å². The highest BCUT2D eigenvalue weighted by atomic mass is 32.1. The molecule has 2 aliphatic rings. The summed E-state index contributed by atoms with van der Waals surface area (Å²) in [6.07, 6.45) is 4.66.